The molecule has 2 saturated heterocycles. The summed E-state index contributed by atoms with van der Waals surface area (Å²) in [5.74, 6) is 3.70. The molecule has 1 aromatic carbocycles. The predicted molar refractivity (Wildman–Crippen MR) is 133 cm³/mol. The number of carbonyl (C=O) groups excluding carboxylic acids is 1. The molecule has 0 amide bonds. The topological polar surface area (TPSA) is 50.8 Å². The van der Waals surface area contributed by atoms with E-state index in [0.717, 1.165) is 62.0 Å². The molecule has 1 aromatic rings. The third kappa shape index (κ3) is 6.63. The van der Waals surface area contributed by atoms with Crippen LogP contribution < -0.4 is 10.1 Å². The molecule has 0 radical (unpaired) electrons. The fourth-order valence-electron chi connectivity index (χ4n) is 4.89. The van der Waals surface area contributed by atoms with Crippen molar-refractivity contribution in [3.8, 4) is 5.75 Å². The number of hydrogen-bond acceptors (Lipinski definition) is 6. The van der Waals surface area contributed by atoms with Gasteiger partial charge in [-0.05, 0) is 92.9 Å². The van der Waals surface area contributed by atoms with Crippen molar-refractivity contribution in [2.75, 3.05) is 40.4 Å². The van der Waals surface area contributed by atoms with Crippen LogP contribution in [0.1, 0.15) is 49.4 Å². The third-order valence-electron chi connectivity index (χ3n) is 6.79. The van der Waals surface area contributed by atoms with Gasteiger partial charge in [0.1, 0.15) is 11.5 Å². The molecule has 4 rings (SSSR count). The standard InChI is InChI=1S/C13H17NO2S.C13H21NO/c1-16-12-4-2-10(3-5-12)13(15)11-6-8-14(17)9-7-11;1-10-4-3-5-12(15-2)13(10)11-6-8-14-9-7-11/h2-5,11,17H,6-9H2,1H3;3,5,10-11,14H,4,6-9H2,1-2H3. The second-order valence-electron chi connectivity index (χ2n) is 8.91. The zero-order valence-corrected chi connectivity index (χ0v) is 20.6. The van der Waals surface area contributed by atoms with E-state index in [4.69, 9.17) is 9.47 Å². The van der Waals surface area contributed by atoms with Crippen molar-refractivity contribution in [1.82, 2.24) is 9.62 Å². The summed E-state index contributed by atoms with van der Waals surface area (Å²) < 4.78 is 12.6. The van der Waals surface area contributed by atoms with Crippen molar-refractivity contribution in [2.24, 2.45) is 17.8 Å². The Labute approximate surface area is 198 Å². The van der Waals surface area contributed by atoms with Crippen LogP contribution in [0.5, 0.6) is 5.75 Å². The van der Waals surface area contributed by atoms with Gasteiger partial charge < -0.3 is 14.8 Å². The summed E-state index contributed by atoms with van der Waals surface area (Å²) in [5.41, 5.74) is 2.34. The van der Waals surface area contributed by atoms with E-state index in [1.807, 2.05) is 28.6 Å². The van der Waals surface area contributed by atoms with Gasteiger partial charge in [0.2, 0.25) is 0 Å². The maximum Gasteiger partial charge on any atom is 0.166 e. The Morgan fingerprint density at radius 1 is 1.03 bits per heavy atom. The molecule has 3 aliphatic rings. The van der Waals surface area contributed by atoms with E-state index < -0.39 is 0 Å². The van der Waals surface area contributed by atoms with Crippen LogP contribution in [-0.4, -0.2) is 50.5 Å². The van der Waals surface area contributed by atoms with Gasteiger partial charge >= 0.3 is 0 Å². The van der Waals surface area contributed by atoms with Gasteiger partial charge in [-0.3, -0.25) is 9.10 Å². The lowest BCUT2D eigenvalue weighted by Crippen LogP contribution is -2.31. The number of carbonyl (C=O) groups is 1. The maximum absolute atomic E-state index is 12.2. The molecule has 1 atom stereocenters. The lowest BCUT2D eigenvalue weighted by Gasteiger charge is -2.31. The fourth-order valence-corrected chi connectivity index (χ4v) is 5.12. The molecule has 176 valence electrons. The van der Waals surface area contributed by atoms with E-state index in [-0.39, 0.29) is 11.7 Å². The summed E-state index contributed by atoms with van der Waals surface area (Å²) in [7, 11) is 3.41. The van der Waals surface area contributed by atoms with Gasteiger partial charge in [-0.2, -0.15) is 0 Å². The Morgan fingerprint density at radius 3 is 2.28 bits per heavy atom. The van der Waals surface area contributed by atoms with Gasteiger partial charge in [-0.1, -0.05) is 25.8 Å². The Hall–Kier alpha value is -1.76. The molecule has 1 aliphatic carbocycles. The van der Waals surface area contributed by atoms with Gasteiger partial charge in [-0.25, -0.2) is 0 Å². The van der Waals surface area contributed by atoms with Gasteiger partial charge in [0.15, 0.2) is 5.78 Å². The van der Waals surface area contributed by atoms with Crippen LogP contribution in [0.4, 0.5) is 0 Å². The number of nitrogens with one attached hydrogen (secondary N) is 1. The van der Waals surface area contributed by atoms with Crippen LogP contribution in [0.3, 0.4) is 0 Å². The second kappa shape index (κ2) is 12.5. The molecule has 0 saturated carbocycles. The molecule has 0 bridgehead atoms. The molecular formula is C26H38N2O3S. The number of nitrogens with zero attached hydrogens (tertiary/aromatic N) is 1. The quantitative estimate of drug-likeness (QED) is 0.485. The number of Topliss-reactive ketones (excluding diaryl/α,β-unsaturated/α-hetero) is 1. The highest BCUT2D eigenvalue weighted by Gasteiger charge is 2.26. The molecule has 1 N–H and O–H groups in total. The number of piperidine rings is 2. The minimum atomic E-state index is 0.145. The molecule has 2 fully saturated rings. The molecule has 6 heteroatoms. The largest absolute Gasteiger partial charge is 0.497 e. The van der Waals surface area contributed by atoms with E-state index in [0.29, 0.717) is 5.92 Å². The van der Waals surface area contributed by atoms with Gasteiger partial charge in [0, 0.05) is 24.6 Å². The summed E-state index contributed by atoms with van der Waals surface area (Å²) in [6.07, 6.45) is 9.88. The lowest BCUT2D eigenvalue weighted by atomic mass is 9.79. The van der Waals surface area contributed by atoms with Crippen molar-refractivity contribution >= 4 is 18.6 Å². The SMILES string of the molecule is COC1=C(C2CCNCC2)C(C)CC=C1.COc1ccc(C(=O)C2CCN(S)CC2)cc1. The average Bonchev–Trinajstić information content (AvgIpc) is 2.85. The minimum Gasteiger partial charge on any atom is -0.497 e. The number of methoxy groups -OCH3 is 2. The summed E-state index contributed by atoms with van der Waals surface area (Å²) >= 11 is 4.29. The first-order valence-corrected chi connectivity index (χ1v) is 12.2. The van der Waals surface area contributed by atoms with Crippen LogP contribution in [0, 0.1) is 17.8 Å². The van der Waals surface area contributed by atoms with Crippen LogP contribution in [0.2, 0.25) is 0 Å². The van der Waals surface area contributed by atoms with Crippen molar-refractivity contribution < 1.29 is 14.3 Å². The van der Waals surface area contributed by atoms with E-state index >= 15 is 0 Å². The van der Waals surface area contributed by atoms with E-state index in [9.17, 15) is 4.79 Å². The normalized spacial score (nSPS) is 22.8. The van der Waals surface area contributed by atoms with Crippen LogP contribution in [0.15, 0.2) is 47.7 Å². The molecule has 5 nitrogen and oxygen atoms in total. The van der Waals surface area contributed by atoms with E-state index in [1.165, 1.54) is 19.3 Å². The van der Waals surface area contributed by atoms with Crippen molar-refractivity contribution in [2.45, 2.75) is 39.0 Å². The fraction of sp³-hybridized carbons (Fsp3) is 0.577. The molecule has 0 spiro atoms. The summed E-state index contributed by atoms with van der Waals surface area (Å²) in [6, 6.07) is 7.35. The second-order valence-corrected chi connectivity index (χ2v) is 9.47. The van der Waals surface area contributed by atoms with E-state index in [1.54, 1.807) is 19.8 Å². The molecule has 2 heterocycles. The van der Waals surface area contributed by atoms with Crippen LogP contribution >= 0.6 is 12.8 Å². The third-order valence-corrected chi connectivity index (χ3v) is 7.19. The highest BCUT2D eigenvalue weighted by molar-refractivity contribution is 7.77. The number of benzene rings is 1. The minimum absolute atomic E-state index is 0.145. The highest BCUT2D eigenvalue weighted by Crippen LogP contribution is 2.35. The molecule has 0 aromatic heterocycles. The van der Waals surface area contributed by atoms with E-state index in [2.05, 4.69) is 37.2 Å². The average molecular weight is 459 g/mol. The number of hydrogen-bond donors (Lipinski definition) is 2. The number of allylic oxidation sites excluding steroid dienone is 3. The first-order valence-electron chi connectivity index (χ1n) is 11.8. The number of ether oxygens (including phenoxy) is 2. The highest BCUT2D eigenvalue weighted by atomic mass is 32.1. The summed E-state index contributed by atoms with van der Waals surface area (Å²) in [4.78, 5) is 12.2. The molecule has 32 heavy (non-hydrogen) atoms. The van der Waals surface area contributed by atoms with Gasteiger partial charge in [0.25, 0.3) is 0 Å². The van der Waals surface area contributed by atoms with Crippen molar-refractivity contribution in [3.63, 3.8) is 0 Å². The predicted octanol–water partition coefficient (Wildman–Crippen LogP) is 4.92. The zero-order valence-electron chi connectivity index (χ0n) is 19.7. The number of thiol groups is 1. The Morgan fingerprint density at radius 2 is 1.69 bits per heavy atom. The van der Waals surface area contributed by atoms with Crippen LogP contribution in [0.25, 0.3) is 0 Å². The Balaban J connectivity index is 0.000000182. The summed E-state index contributed by atoms with van der Waals surface area (Å²) in [6.45, 7) is 6.40. The molecule has 2 aliphatic heterocycles. The monoisotopic (exact) mass is 458 g/mol. The first kappa shape index (κ1) is 24.9. The van der Waals surface area contributed by atoms with Gasteiger partial charge in [0.05, 0.1) is 14.2 Å². The molecular weight excluding hydrogens is 420 g/mol. The van der Waals surface area contributed by atoms with Crippen LogP contribution in [-0.2, 0) is 4.74 Å². The molecule has 1 unspecified atom stereocenters. The maximum atomic E-state index is 12.2. The number of rotatable bonds is 5. The first-order chi connectivity index (χ1) is 15.5. The zero-order chi connectivity index (χ0) is 22.9. The van der Waals surface area contributed by atoms with Crippen molar-refractivity contribution in [1.29, 1.82) is 0 Å². The van der Waals surface area contributed by atoms with Gasteiger partial charge in [-0.15, -0.1) is 0 Å². The lowest BCUT2D eigenvalue weighted by molar-refractivity contribution is 0.0879. The Kier molecular flexibility index (Phi) is 9.69. The Bertz CT molecular complexity index is 792. The summed E-state index contributed by atoms with van der Waals surface area (Å²) in [5, 5.41) is 3.42. The number of ketones is 1. The van der Waals surface area contributed by atoms with Crippen molar-refractivity contribution in [3.05, 3.63) is 53.3 Å². The smallest absolute Gasteiger partial charge is 0.166 e.